The van der Waals surface area contributed by atoms with E-state index in [0.717, 1.165) is 62.6 Å². The second-order valence-electron chi connectivity index (χ2n) is 9.56. The maximum Gasteiger partial charge on any atom is 0.433 e. The second kappa shape index (κ2) is 10.5. The van der Waals surface area contributed by atoms with Crippen LogP contribution in [0.3, 0.4) is 0 Å². The molecule has 5 heterocycles. The number of hydrogen-bond donors (Lipinski definition) is 2. The summed E-state index contributed by atoms with van der Waals surface area (Å²) < 4.78 is 52.9. The zero-order valence-electron chi connectivity index (χ0n) is 20.9. The standard InChI is InChI=1S/C27H26F3N7O2/c28-27(29,30)23-13-18(3-8-31-23)34-24-14-19(4-9-32-24)35-25-15-21(5-10-33-25)39-22-16-37(20-1-2-20)36-26(22)17-6-11-38-12-7-17/h3-5,8-10,13-17,20H,1-2,6-7,11-12H2,(H2,31,32,33,34,35). The van der Waals surface area contributed by atoms with Crippen LogP contribution in [0.2, 0.25) is 0 Å². The molecule has 2 aliphatic rings. The Morgan fingerprint density at radius 2 is 1.51 bits per heavy atom. The number of rotatable bonds is 8. The van der Waals surface area contributed by atoms with Gasteiger partial charge in [0.15, 0.2) is 5.75 Å². The number of halogens is 3. The zero-order valence-corrected chi connectivity index (χ0v) is 20.9. The molecule has 39 heavy (non-hydrogen) atoms. The summed E-state index contributed by atoms with van der Waals surface area (Å²) in [7, 11) is 0. The molecule has 0 atom stereocenters. The number of ether oxygens (including phenoxy) is 2. The van der Waals surface area contributed by atoms with Crippen molar-refractivity contribution in [1.29, 1.82) is 0 Å². The maximum atomic E-state index is 13.0. The van der Waals surface area contributed by atoms with Crippen LogP contribution in [0.1, 0.15) is 49.0 Å². The van der Waals surface area contributed by atoms with E-state index in [0.29, 0.717) is 35.0 Å². The van der Waals surface area contributed by atoms with Crippen molar-refractivity contribution in [1.82, 2.24) is 24.7 Å². The minimum Gasteiger partial charge on any atom is -0.454 e. The lowest BCUT2D eigenvalue weighted by atomic mass is 9.96. The molecule has 9 nitrogen and oxygen atoms in total. The Balaban J connectivity index is 1.17. The molecule has 202 valence electrons. The number of aromatic nitrogens is 5. The molecule has 0 unspecified atom stereocenters. The van der Waals surface area contributed by atoms with Crippen LogP contribution >= 0.6 is 0 Å². The number of alkyl halides is 3. The fraction of sp³-hybridized carbons (Fsp3) is 0.333. The summed E-state index contributed by atoms with van der Waals surface area (Å²) >= 11 is 0. The third kappa shape index (κ3) is 6.11. The highest BCUT2D eigenvalue weighted by molar-refractivity contribution is 5.64. The summed E-state index contributed by atoms with van der Waals surface area (Å²) in [5.74, 6) is 2.55. The van der Waals surface area contributed by atoms with Crippen LogP contribution in [0.15, 0.2) is 61.2 Å². The van der Waals surface area contributed by atoms with E-state index in [9.17, 15) is 13.2 Å². The van der Waals surface area contributed by atoms with E-state index in [-0.39, 0.29) is 5.69 Å². The monoisotopic (exact) mass is 537 g/mol. The minimum atomic E-state index is -4.53. The highest BCUT2D eigenvalue weighted by Crippen LogP contribution is 2.40. The SMILES string of the molecule is FC(F)(F)c1cc(Nc2cc(Nc3cc(Oc4cn(C5CC5)nc4C4CCOCC4)ccn3)ccn2)ccn1. The Morgan fingerprint density at radius 3 is 2.23 bits per heavy atom. The van der Waals surface area contributed by atoms with Gasteiger partial charge < -0.3 is 20.1 Å². The number of pyridine rings is 3. The zero-order chi connectivity index (χ0) is 26.8. The molecule has 0 bridgehead atoms. The smallest absolute Gasteiger partial charge is 0.433 e. The molecule has 0 amide bonds. The number of nitrogens with zero attached hydrogens (tertiary/aromatic N) is 5. The van der Waals surface area contributed by atoms with Crippen molar-refractivity contribution in [2.75, 3.05) is 23.8 Å². The summed E-state index contributed by atoms with van der Waals surface area (Å²) in [5.41, 5.74) is 0.853. The van der Waals surface area contributed by atoms with Crippen LogP contribution in [0.4, 0.5) is 36.2 Å². The van der Waals surface area contributed by atoms with E-state index in [4.69, 9.17) is 14.6 Å². The quantitative estimate of drug-likeness (QED) is 0.260. The summed E-state index contributed by atoms with van der Waals surface area (Å²) in [6.07, 6.45) is 5.83. The Hall–Kier alpha value is -4.19. The Labute approximate surface area is 222 Å². The van der Waals surface area contributed by atoms with E-state index in [1.807, 2.05) is 10.9 Å². The molecule has 4 aromatic heterocycles. The molecule has 1 aliphatic heterocycles. The fourth-order valence-electron chi connectivity index (χ4n) is 4.45. The van der Waals surface area contributed by atoms with Gasteiger partial charge >= 0.3 is 6.18 Å². The van der Waals surface area contributed by atoms with Crippen molar-refractivity contribution in [3.8, 4) is 11.5 Å². The van der Waals surface area contributed by atoms with Gasteiger partial charge in [-0.1, -0.05) is 0 Å². The van der Waals surface area contributed by atoms with Gasteiger partial charge in [-0.3, -0.25) is 9.67 Å². The van der Waals surface area contributed by atoms with Gasteiger partial charge in [0.1, 0.15) is 28.8 Å². The largest absolute Gasteiger partial charge is 0.454 e. The minimum absolute atomic E-state index is 0.225. The fourth-order valence-corrected chi connectivity index (χ4v) is 4.45. The Bertz CT molecular complexity index is 1450. The second-order valence-corrected chi connectivity index (χ2v) is 9.56. The molecule has 12 heteroatoms. The van der Waals surface area contributed by atoms with Crippen molar-refractivity contribution in [3.63, 3.8) is 0 Å². The number of hydrogen-bond acceptors (Lipinski definition) is 8. The third-order valence-corrected chi connectivity index (χ3v) is 6.57. The van der Waals surface area contributed by atoms with Crippen LogP contribution in [0.5, 0.6) is 11.5 Å². The molecule has 1 saturated carbocycles. The van der Waals surface area contributed by atoms with E-state index in [1.165, 1.54) is 6.07 Å². The Morgan fingerprint density at radius 1 is 0.846 bits per heavy atom. The van der Waals surface area contributed by atoms with Crippen LogP contribution in [0, 0.1) is 0 Å². The first-order chi connectivity index (χ1) is 18.9. The van der Waals surface area contributed by atoms with Gasteiger partial charge in [0.25, 0.3) is 0 Å². The van der Waals surface area contributed by atoms with Crippen molar-refractivity contribution >= 4 is 23.0 Å². The van der Waals surface area contributed by atoms with Crippen molar-refractivity contribution < 1.29 is 22.6 Å². The van der Waals surface area contributed by atoms with Crippen molar-refractivity contribution in [3.05, 3.63) is 72.6 Å². The molecule has 0 spiro atoms. The number of anilines is 4. The molecule has 1 saturated heterocycles. The first-order valence-corrected chi connectivity index (χ1v) is 12.7. The summed E-state index contributed by atoms with van der Waals surface area (Å²) in [5, 5.41) is 11.0. The van der Waals surface area contributed by atoms with Gasteiger partial charge in [0.05, 0.1) is 12.2 Å². The lowest BCUT2D eigenvalue weighted by Gasteiger charge is -2.21. The molecule has 4 aromatic rings. The van der Waals surface area contributed by atoms with Gasteiger partial charge in [-0.2, -0.15) is 18.3 Å². The van der Waals surface area contributed by atoms with Crippen molar-refractivity contribution in [2.45, 2.75) is 43.8 Å². The van der Waals surface area contributed by atoms with E-state index >= 15 is 0 Å². The predicted octanol–water partition coefficient (Wildman–Crippen LogP) is 6.60. The predicted molar refractivity (Wildman–Crippen MR) is 138 cm³/mol. The molecule has 2 N–H and O–H groups in total. The van der Waals surface area contributed by atoms with Gasteiger partial charge in [0.2, 0.25) is 0 Å². The molecular weight excluding hydrogens is 511 g/mol. The Kier molecular flexibility index (Phi) is 6.77. The average molecular weight is 538 g/mol. The lowest BCUT2D eigenvalue weighted by Crippen LogP contribution is -2.15. The van der Waals surface area contributed by atoms with Crippen molar-refractivity contribution in [2.24, 2.45) is 0 Å². The van der Waals surface area contributed by atoms with Gasteiger partial charge in [-0.15, -0.1) is 0 Å². The van der Waals surface area contributed by atoms with E-state index in [2.05, 4.69) is 25.6 Å². The van der Waals surface area contributed by atoms with Gasteiger partial charge in [0, 0.05) is 61.2 Å². The van der Waals surface area contributed by atoms with Crippen LogP contribution in [0.25, 0.3) is 0 Å². The van der Waals surface area contributed by atoms with Crippen LogP contribution in [-0.4, -0.2) is 37.9 Å². The van der Waals surface area contributed by atoms with Crippen LogP contribution < -0.4 is 15.4 Å². The van der Waals surface area contributed by atoms with E-state index in [1.54, 1.807) is 36.7 Å². The highest BCUT2D eigenvalue weighted by atomic mass is 19.4. The summed E-state index contributed by atoms with van der Waals surface area (Å²) in [6, 6.07) is 9.80. The first kappa shape index (κ1) is 25.1. The molecule has 0 radical (unpaired) electrons. The molecule has 0 aromatic carbocycles. The molecule has 6 rings (SSSR count). The molecule has 2 fully saturated rings. The normalized spacial score (nSPS) is 16.2. The number of nitrogens with one attached hydrogen (secondary N) is 2. The highest BCUT2D eigenvalue weighted by Gasteiger charge is 2.32. The first-order valence-electron chi connectivity index (χ1n) is 12.7. The van der Waals surface area contributed by atoms with Crippen LogP contribution in [-0.2, 0) is 10.9 Å². The van der Waals surface area contributed by atoms with Gasteiger partial charge in [-0.05, 0) is 49.9 Å². The lowest BCUT2D eigenvalue weighted by molar-refractivity contribution is -0.141. The molecule has 1 aliphatic carbocycles. The summed E-state index contributed by atoms with van der Waals surface area (Å²) in [4.78, 5) is 12.0. The third-order valence-electron chi connectivity index (χ3n) is 6.57. The average Bonchev–Trinajstić information content (AvgIpc) is 3.70. The van der Waals surface area contributed by atoms with Gasteiger partial charge in [-0.25, -0.2) is 9.97 Å². The van der Waals surface area contributed by atoms with E-state index < -0.39 is 11.9 Å². The summed E-state index contributed by atoms with van der Waals surface area (Å²) in [6.45, 7) is 1.44. The topological polar surface area (TPSA) is 99.0 Å². The molecular formula is C27H26F3N7O2. The maximum absolute atomic E-state index is 13.0.